The Balaban J connectivity index is 1.90. The van der Waals surface area contributed by atoms with E-state index < -0.39 is 0 Å². The fourth-order valence-corrected chi connectivity index (χ4v) is 3.55. The lowest BCUT2D eigenvalue weighted by molar-refractivity contribution is 0.319. The molecule has 1 aliphatic rings. The van der Waals surface area contributed by atoms with E-state index in [2.05, 4.69) is 30.4 Å². The van der Waals surface area contributed by atoms with Gasteiger partial charge in [-0.25, -0.2) is 0 Å². The van der Waals surface area contributed by atoms with E-state index >= 15 is 0 Å². The van der Waals surface area contributed by atoms with E-state index in [9.17, 15) is 0 Å². The zero-order chi connectivity index (χ0) is 14.5. The van der Waals surface area contributed by atoms with Gasteiger partial charge >= 0.3 is 0 Å². The van der Waals surface area contributed by atoms with Gasteiger partial charge in [-0.1, -0.05) is 31.4 Å². The Morgan fingerprint density at radius 1 is 1.20 bits per heavy atom. The van der Waals surface area contributed by atoms with Crippen LogP contribution in [0.5, 0.6) is 0 Å². The molecule has 1 aromatic carbocycles. The molecule has 1 N–H and O–H groups in total. The Morgan fingerprint density at radius 3 is 2.45 bits per heavy atom. The SMILES string of the molecule is CCCC1CCC(Nc2ccc(N(C)C)c(Cl)c2)CC1. The average Bonchev–Trinajstić information content (AvgIpc) is 2.41. The molecule has 1 aliphatic carbocycles. The molecule has 0 atom stereocenters. The van der Waals surface area contributed by atoms with Crippen molar-refractivity contribution in [3.8, 4) is 0 Å². The smallest absolute Gasteiger partial charge is 0.0659 e. The third-order valence-electron chi connectivity index (χ3n) is 4.34. The first-order chi connectivity index (χ1) is 9.60. The first kappa shape index (κ1) is 15.5. The molecule has 0 unspecified atom stereocenters. The Kier molecular flexibility index (Phi) is 5.59. The second-order valence-corrected chi connectivity index (χ2v) is 6.62. The molecule has 1 saturated carbocycles. The van der Waals surface area contributed by atoms with E-state index in [-0.39, 0.29) is 0 Å². The van der Waals surface area contributed by atoms with E-state index in [0.29, 0.717) is 6.04 Å². The minimum absolute atomic E-state index is 0.615. The van der Waals surface area contributed by atoms with Crippen molar-refractivity contribution < 1.29 is 0 Å². The van der Waals surface area contributed by atoms with Crippen molar-refractivity contribution in [3.63, 3.8) is 0 Å². The molecular formula is C17H27ClN2. The summed E-state index contributed by atoms with van der Waals surface area (Å²) in [4.78, 5) is 2.04. The molecule has 0 bridgehead atoms. The molecule has 0 amide bonds. The number of nitrogens with zero attached hydrogens (tertiary/aromatic N) is 1. The molecule has 0 aliphatic heterocycles. The van der Waals surface area contributed by atoms with Crippen LogP contribution in [0.4, 0.5) is 11.4 Å². The van der Waals surface area contributed by atoms with E-state index in [1.54, 1.807) is 0 Å². The lowest BCUT2D eigenvalue weighted by atomic mass is 9.83. The maximum atomic E-state index is 6.32. The first-order valence-electron chi connectivity index (χ1n) is 7.83. The third-order valence-corrected chi connectivity index (χ3v) is 4.65. The molecule has 0 aromatic heterocycles. The summed E-state index contributed by atoms with van der Waals surface area (Å²) < 4.78 is 0. The number of rotatable bonds is 5. The summed E-state index contributed by atoms with van der Waals surface area (Å²) in [5.41, 5.74) is 2.23. The maximum absolute atomic E-state index is 6.32. The summed E-state index contributed by atoms with van der Waals surface area (Å²) in [7, 11) is 4.03. The van der Waals surface area contributed by atoms with Crippen molar-refractivity contribution in [1.29, 1.82) is 0 Å². The zero-order valence-electron chi connectivity index (χ0n) is 13.0. The van der Waals surface area contributed by atoms with Gasteiger partial charge in [-0.2, -0.15) is 0 Å². The number of anilines is 2. The molecular weight excluding hydrogens is 268 g/mol. The number of benzene rings is 1. The normalized spacial score (nSPS) is 22.6. The van der Waals surface area contributed by atoms with Crippen molar-refractivity contribution in [3.05, 3.63) is 23.2 Å². The highest BCUT2D eigenvalue weighted by Crippen LogP contribution is 2.31. The van der Waals surface area contributed by atoms with Crippen molar-refractivity contribution in [2.24, 2.45) is 5.92 Å². The van der Waals surface area contributed by atoms with Crippen LogP contribution in [-0.4, -0.2) is 20.1 Å². The van der Waals surface area contributed by atoms with Gasteiger partial charge in [-0.15, -0.1) is 0 Å². The van der Waals surface area contributed by atoms with Crippen LogP contribution in [0, 0.1) is 5.92 Å². The summed E-state index contributed by atoms with van der Waals surface area (Å²) in [6.45, 7) is 2.29. The van der Waals surface area contributed by atoms with Crippen LogP contribution in [0.2, 0.25) is 5.02 Å². The summed E-state index contributed by atoms with van der Waals surface area (Å²) in [6.07, 6.45) is 8.04. The van der Waals surface area contributed by atoms with Crippen LogP contribution in [0.25, 0.3) is 0 Å². The van der Waals surface area contributed by atoms with Gasteiger partial charge in [0.05, 0.1) is 10.7 Å². The predicted octanol–water partition coefficient (Wildman–Crippen LogP) is 5.18. The molecule has 2 rings (SSSR count). The van der Waals surface area contributed by atoms with E-state index in [1.807, 2.05) is 19.0 Å². The minimum atomic E-state index is 0.615. The monoisotopic (exact) mass is 294 g/mol. The van der Waals surface area contributed by atoms with Gasteiger partial charge in [-0.3, -0.25) is 0 Å². The van der Waals surface area contributed by atoms with Gasteiger partial charge in [0.2, 0.25) is 0 Å². The van der Waals surface area contributed by atoms with Gasteiger partial charge in [0, 0.05) is 25.8 Å². The molecule has 0 saturated heterocycles. The number of hydrogen-bond acceptors (Lipinski definition) is 2. The van der Waals surface area contributed by atoms with E-state index in [1.165, 1.54) is 38.5 Å². The molecule has 1 aromatic rings. The van der Waals surface area contributed by atoms with Crippen LogP contribution in [0.15, 0.2) is 18.2 Å². The lowest BCUT2D eigenvalue weighted by Crippen LogP contribution is -2.26. The van der Waals surface area contributed by atoms with Crippen molar-refractivity contribution in [1.82, 2.24) is 0 Å². The van der Waals surface area contributed by atoms with Crippen molar-refractivity contribution in [2.45, 2.75) is 51.5 Å². The van der Waals surface area contributed by atoms with Gasteiger partial charge in [-0.05, 0) is 49.8 Å². The highest BCUT2D eigenvalue weighted by Gasteiger charge is 2.20. The lowest BCUT2D eigenvalue weighted by Gasteiger charge is -2.30. The molecule has 0 spiro atoms. The van der Waals surface area contributed by atoms with Gasteiger partial charge in [0.15, 0.2) is 0 Å². The van der Waals surface area contributed by atoms with Crippen LogP contribution < -0.4 is 10.2 Å². The summed E-state index contributed by atoms with van der Waals surface area (Å²) in [6, 6.07) is 6.89. The predicted molar refractivity (Wildman–Crippen MR) is 90.1 cm³/mol. The highest BCUT2D eigenvalue weighted by atomic mass is 35.5. The molecule has 20 heavy (non-hydrogen) atoms. The average molecular weight is 295 g/mol. The van der Waals surface area contributed by atoms with Gasteiger partial charge < -0.3 is 10.2 Å². The van der Waals surface area contributed by atoms with Crippen LogP contribution in [0.1, 0.15) is 45.4 Å². The molecule has 2 nitrogen and oxygen atoms in total. The fraction of sp³-hybridized carbons (Fsp3) is 0.647. The highest BCUT2D eigenvalue weighted by molar-refractivity contribution is 6.33. The number of halogens is 1. The molecule has 1 fully saturated rings. The van der Waals surface area contributed by atoms with Crippen LogP contribution >= 0.6 is 11.6 Å². The van der Waals surface area contributed by atoms with Crippen molar-refractivity contribution in [2.75, 3.05) is 24.3 Å². The Morgan fingerprint density at radius 2 is 1.90 bits per heavy atom. The second kappa shape index (κ2) is 7.21. The largest absolute Gasteiger partial charge is 0.382 e. The van der Waals surface area contributed by atoms with Crippen molar-refractivity contribution >= 4 is 23.0 Å². The Hall–Kier alpha value is -0.890. The third kappa shape index (κ3) is 4.05. The quantitative estimate of drug-likeness (QED) is 0.805. The number of hydrogen-bond donors (Lipinski definition) is 1. The summed E-state index contributed by atoms with van der Waals surface area (Å²) >= 11 is 6.32. The molecule has 0 radical (unpaired) electrons. The molecule has 3 heteroatoms. The standard InChI is InChI=1S/C17H27ClN2/c1-4-5-13-6-8-14(9-7-13)19-15-10-11-17(20(2)3)16(18)12-15/h10-14,19H,4-9H2,1-3H3. The Labute approximate surface area is 128 Å². The van der Waals surface area contributed by atoms with E-state index in [4.69, 9.17) is 11.6 Å². The molecule has 0 heterocycles. The first-order valence-corrected chi connectivity index (χ1v) is 8.21. The minimum Gasteiger partial charge on any atom is -0.382 e. The summed E-state index contributed by atoms with van der Waals surface area (Å²) in [5.74, 6) is 0.956. The van der Waals surface area contributed by atoms with Crippen LogP contribution in [-0.2, 0) is 0 Å². The molecule has 112 valence electrons. The van der Waals surface area contributed by atoms with E-state index in [0.717, 1.165) is 22.3 Å². The summed E-state index contributed by atoms with van der Waals surface area (Å²) in [5, 5.41) is 4.47. The fourth-order valence-electron chi connectivity index (χ4n) is 3.20. The van der Waals surface area contributed by atoms with Gasteiger partial charge in [0.25, 0.3) is 0 Å². The van der Waals surface area contributed by atoms with Crippen LogP contribution in [0.3, 0.4) is 0 Å². The maximum Gasteiger partial charge on any atom is 0.0659 e. The number of nitrogens with one attached hydrogen (secondary N) is 1. The Bertz CT molecular complexity index is 423. The van der Waals surface area contributed by atoms with Gasteiger partial charge in [0.1, 0.15) is 0 Å². The topological polar surface area (TPSA) is 15.3 Å². The zero-order valence-corrected chi connectivity index (χ0v) is 13.7. The second-order valence-electron chi connectivity index (χ2n) is 6.21.